The molecule has 0 heterocycles. The average molecular weight is 357 g/mol. The molecule has 0 saturated heterocycles. The zero-order chi connectivity index (χ0) is 18.9. The van der Waals surface area contributed by atoms with Gasteiger partial charge in [-0.2, -0.15) is 31.8 Å². The highest BCUT2D eigenvalue weighted by Crippen LogP contribution is 2.36. The number of nitrogens with one attached hydrogen (secondary N) is 3. The van der Waals surface area contributed by atoms with Gasteiger partial charge >= 0.3 is 12.4 Å². The van der Waals surface area contributed by atoms with E-state index in [9.17, 15) is 31.1 Å². The predicted molar refractivity (Wildman–Crippen MR) is 70.7 cm³/mol. The van der Waals surface area contributed by atoms with E-state index in [1.165, 1.54) is 5.48 Å². The summed E-state index contributed by atoms with van der Waals surface area (Å²) in [5.41, 5.74) is -5.85. The van der Waals surface area contributed by atoms with E-state index in [0.717, 1.165) is 14.0 Å². The van der Waals surface area contributed by atoms with E-state index in [0.29, 0.717) is 12.1 Å². The Labute approximate surface area is 132 Å². The molecule has 0 aliphatic carbocycles. The molecule has 1 amide bonds. The molecule has 0 fully saturated rings. The quantitative estimate of drug-likeness (QED) is 0.380. The highest BCUT2D eigenvalue weighted by molar-refractivity contribution is 6.18. The number of hydrogen-bond donors (Lipinski definition) is 4. The normalized spacial score (nSPS) is 14.9. The first-order valence-electron chi connectivity index (χ1n) is 6.29. The summed E-state index contributed by atoms with van der Waals surface area (Å²) < 4.78 is 76.9. The molecule has 0 spiro atoms. The van der Waals surface area contributed by atoms with Gasteiger partial charge in [-0.1, -0.05) is 0 Å². The van der Waals surface area contributed by atoms with E-state index in [1.807, 2.05) is 0 Å². The van der Waals surface area contributed by atoms with E-state index < -0.39 is 46.2 Å². The number of hydroxylamine groups is 1. The van der Waals surface area contributed by atoms with Crippen LogP contribution >= 0.6 is 0 Å². The molecular weight excluding hydrogens is 344 g/mol. The Balaban J connectivity index is 3.58. The fourth-order valence-electron chi connectivity index (χ4n) is 1.86. The molecule has 1 atom stereocenters. The van der Waals surface area contributed by atoms with Crippen molar-refractivity contribution in [3.8, 4) is 0 Å². The summed E-state index contributed by atoms with van der Waals surface area (Å²) in [5, 5.41) is 18.9. The van der Waals surface area contributed by atoms with Gasteiger partial charge in [-0.25, -0.2) is 0 Å². The van der Waals surface area contributed by atoms with Crippen LogP contribution in [0, 0.1) is 5.41 Å². The Hall–Kier alpha value is -2.14. The number of alkyl halides is 6. The maximum Gasteiger partial charge on any atom is 0.416 e. The summed E-state index contributed by atoms with van der Waals surface area (Å²) >= 11 is 0. The maximum absolute atomic E-state index is 12.8. The highest BCUT2D eigenvalue weighted by atomic mass is 19.4. The number of benzene rings is 1. The number of carbonyl (C=O) groups excluding carboxylic acids is 1. The third kappa shape index (κ3) is 3.85. The monoisotopic (exact) mass is 357 g/mol. The third-order valence-electron chi connectivity index (χ3n) is 3.28. The lowest BCUT2D eigenvalue weighted by molar-refractivity contribution is -0.143. The van der Waals surface area contributed by atoms with Gasteiger partial charge in [0.25, 0.3) is 0 Å². The topological polar surface area (TPSA) is 85.2 Å². The van der Waals surface area contributed by atoms with Crippen molar-refractivity contribution in [2.75, 3.05) is 7.05 Å². The minimum absolute atomic E-state index is 0.0968. The predicted octanol–water partition coefficient (Wildman–Crippen LogP) is 2.58. The van der Waals surface area contributed by atoms with Crippen molar-refractivity contribution in [1.29, 1.82) is 5.41 Å². The Morgan fingerprint density at radius 1 is 1.04 bits per heavy atom. The Morgan fingerprint density at radius 2 is 1.46 bits per heavy atom. The van der Waals surface area contributed by atoms with Gasteiger partial charge in [0.2, 0.25) is 5.91 Å². The Morgan fingerprint density at radius 3 is 1.75 bits per heavy atom. The standard InChI is InChI=1S/C13H13F6N3O2/c1-11(22-24,10(23)21-2)9(20)6-3-7(12(14,15)16)5-8(4-6)13(17,18)19/h3-5,20,22,24H,1-2H3,(H,21,23). The van der Waals surface area contributed by atoms with Gasteiger partial charge < -0.3 is 15.9 Å². The van der Waals surface area contributed by atoms with Crippen LogP contribution < -0.4 is 10.8 Å². The van der Waals surface area contributed by atoms with E-state index >= 15 is 0 Å². The fraction of sp³-hybridized carbons (Fsp3) is 0.385. The van der Waals surface area contributed by atoms with Crippen LogP contribution in [0.2, 0.25) is 0 Å². The van der Waals surface area contributed by atoms with Crippen LogP contribution in [0.5, 0.6) is 0 Å². The van der Waals surface area contributed by atoms with Gasteiger partial charge in [0.15, 0.2) is 5.54 Å². The summed E-state index contributed by atoms with van der Waals surface area (Å²) in [6.07, 6.45) is -10.2. The van der Waals surface area contributed by atoms with Crippen LogP contribution in [0.15, 0.2) is 18.2 Å². The lowest BCUT2D eigenvalue weighted by atomic mass is 9.88. The van der Waals surface area contributed by atoms with E-state index in [-0.39, 0.29) is 6.07 Å². The number of amides is 1. The zero-order valence-electron chi connectivity index (χ0n) is 12.4. The number of likely N-dealkylation sites (N-methyl/N-ethyl adjacent to an activating group) is 1. The van der Waals surface area contributed by atoms with Crippen LogP contribution in [0.25, 0.3) is 0 Å². The molecule has 0 aromatic heterocycles. The van der Waals surface area contributed by atoms with Crippen LogP contribution in [0.4, 0.5) is 26.3 Å². The van der Waals surface area contributed by atoms with Gasteiger partial charge in [-0.15, -0.1) is 0 Å². The summed E-state index contributed by atoms with van der Waals surface area (Å²) in [7, 11) is 1.12. The third-order valence-corrected chi connectivity index (χ3v) is 3.28. The summed E-state index contributed by atoms with van der Waals surface area (Å²) in [5.74, 6) is -1.03. The number of halogens is 6. The second-order valence-electron chi connectivity index (χ2n) is 4.99. The molecule has 1 aromatic rings. The second-order valence-corrected chi connectivity index (χ2v) is 4.99. The number of carbonyl (C=O) groups is 1. The van der Waals surface area contributed by atoms with Crippen molar-refractivity contribution < 1.29 is 36.3 Å². The van der Waals surface area contributed by atoms with Gasteiger partial charge in [0.1, 0.15) is 0 Å². The van der Waals surface area contributed by atoms with Crippen molar-refractivity contribution >= 4 is 11.6 Å². The van der Waals surface area contributed by atoms with E-state index in [4.69, 9.17) is 10.6 Å². The molecule has 0 aliphatic rings. The van der Waals surface area contributed by atoms with Crippen molar-refractivity contribution in [2.45, 2.75) is 24.8 Å². The van der Waals surface area contributed by atoms with Crippen molar-refractivity contribution in [3.63, 3.8) is 0 Å². The molecule has 0 bridgehead atoms. The molecule has 4 N–H and O–H groups in total. The largest absolute Gasteiger partial charge is 0.416 e. The lowest BCUT2D eigenvalue weighted by Crippen LogP contribution is -2.58. The molecule has 134 valence electrons. The molecule has 1 rings (SSSR count). The molecule has 0 radical (unpaired) electrons. The van der Waals surface area contributed by atoms with Crippen molar-refractivity contribution in [3.05, 3.63) is 34.9 Å². The molecule has 1 aromatic carbocycles. The van der Waals surface area contributed by atoms with Gasteiger partial charge in [0, 0.05) is 7.05 Å². The van der Waals surface area contributed by atoms with Crippen LogP contribution in [-0.4, -0.2) is 29.4 Å². The minimum atomic E-state index is -5.09. The molecule has 1 unspecified atom stereocenters. The lowest BCUT2D eigenvalue weighted by Gasteiger charge is -2.27. The van der Waals surface area contributed by atoms with Crippen molar-refractivity contribution in [1.82, 2.24) is 10.8 Å². The van der Waals surface area contributed by atoms with Crippen LogP contribution in [-0.2, 0) is 17.1 Å². The van der Waals surface area contributed by atoms with E-state index in [1.54, 1.807) is 0 Å². The molecule has 0 saturated carbocycles. The van der Waals surface area contributed by atoms with Gasteiger partial charge in [-0.05, 0) is 30.7 Å². The molecule has 11 heteroatoms. The summed E-state index contributed by atoms with van der Waals surface area (Å²) in [6, 6.07) is 0.507. The molecule has 0 aliphatic heterocycles. The van der Waals surface area contributed by atoms with Crippen LogP contribution in [0.3, 0.4) is 0 Å². The van der Waals surface area contributed by atoms with Crippen LogP contribution in [0.1, 0.15) is 23.6 Å². The average Bonchev–Trinajstić information content (AvgIpc) is 2.50. The Bertz CT molecular complexity index is 624. The minimum Gasteiger partial charge on any atom is -0.357 e. The van der Waals surface area contributed by atoms with Gasteiger partial charge in [-0.3, -0.25) is 4.79 Å². The summed E-state index contributed by atoms with van der Waals surface area (Å²) in [6.45, 7) is 0.932. The smallest absolute Gasteiger partial charge is 0.357 e. The zero-order valence-corrected chi connectivity index (χ0v) is 12.4. The molecule has 5 nitrogen and oxygen atoms in total. The second kappa shape index (κ2) is 6.40. The first-order chi connectivity index (χ1) is 10.8. The van der Waals surface area contributed by atoms with E-state index in [2.05, 4.69) is 5.32 Å². The first kappa shape index (κ1) is 19.9. The fourth-order valence-corrected chi connectivity index (χ4v) is 1.86. The number of hydrogen-bond acceptors (Lipinski definition) is 4. The van der Waals surface area contributed by atoms with Crippen molar-refractivity contribution in [2.24, 2.45) is 0 Å². The highest BCUT2D eigenvalue weighted by Gasteiger charge is 2.41. The summed E-state index contributed by atoms with van der Waals surface area (Å²) in [4.78, 5) is 11.7. The molecular formula is C13H13F6N3O2. The Kier molecular flexibility index (Phi) is 5.31. The first-order valence-corrected chi connectivity index (χ1v) is 6.29. The van der Waals surface area contributed by atoms with Gasteiger partial charge in [0.05, 0.1) is 16.8 Å². The number of rotatable bonds is 4. The molecule has 24 heavy (non-hydrogen) atoms. The SMILES string of the molecule is CNC(=O)C(C)(NO)C(=N)c1cc(C(F)(F)F)cc(C(F)(F)F)c1. The maximum atomic E-state index is 12.8.